The molecule has 97 heavy (non-hydrogen) atoms. The predicted octanol–water partition coefficient (Wildman–Crippen LogP) is 24.1. The van der Waals surface area contributed by atoms with Crippen LogP contribution in [0.1, 0.15) is 0 Å². The molecule has 6 heterocycles. The number of rotatable bonds is 10. The minimum Gasteiger partial charge on any atom is -0.306 e. The van der Waals surface area contributed by atoms with E-state index in [2.05, 4.69) is 346 Å². The van der Waals surface area contributed by atoms with Crippen molar-refractivity contribution in [3.63, 3.8) is 0 Å². The number of aromatic nitrogens is 6. The third-order valence-corrected chi connectivity index (χ3v) is 20.9. The summed E-state index contributed by atoms with van der Waals surface area (Å²) in [5, 5.41) is 10.0. The molecule has 6 aromatic heterocycles. The minimum absolute atomic E-state index is 0.887. The molecule has 0 aliphatic carbocycles. The Kier molecular flexibility index (Phi) is 12.4. The second-order valence-corrected chi connectivity index (χ2v) is 26.2. The van der Waals surface area contributed by atoms with Gasteiger partial charge in [0.25, 0.3) is 0 Å². The van der Waals surface area contributed by atoms with Crippen LogP contribution in [-0.2, 0) is 0 Å². The van der Waals surface area contributed by atoms with E-state index in [0.29, 0.717) is 0 Å². The SMILES string of the molecule is c1ccc(-c2ccc3c(c2)c2ccccc2n3-c2c(-c3ccncc3)c(-c3nc4ccccc4s3)c(-n3c4ccccc4c4cc(-c5ccccc5)ccc43)c(-n3c4ccccc4c4cc(-c5ccccc5)ccc43)c2-n2c3ccccc3c3cc(-c4ccccc4)ccc32)cc1. The van der Waals surface area contributed by atoms with E-state index in [-0.39, 0.29) is 0 Å². The van der Waals surface area contributed by atoms with Gasteiger partial charge in [-0.1, -0.05) is 231 Å². The lowest BCUT2D eigenvalue weighted by Crippen LogP contribution is -2.16. The van der Waals surface area contributed by atoms with E-state index in [1.54, 1.807) is 11.3 Å². The van der Waals surface area contributed by atoms with Crippen molar-refractivity contribution in [2.45, 2.75) is 0 Å². The number of thiazole rings is 1. The second kappa shape index (κ2) is 22.0. The molecule has 0 atom stereocenters. The molecule has 14 aromatic carbocycles. The van der Waals surface area contributed by atoms with Crippen LogP contribution < -0.4 is 0 Å². The highest BCUT2D eigenvalue weighted by molar-refractivity contribution is 7.21. The summed E-state index contributed by atoms with van der Waals surface area (Å²) in [5.74, 6) is 0. The predicted molar refractivity (Wildman–Crippen MR) is 407 cm³/mol. The van der Waals surface area contributed by atoms with Crippen LogP contribution >= 0.6 is 11.3 Å². The van der Waals surface area contributed by atoms with E-state index >= 15 is 0 Å². The molecular formula is C90H56N6S. The van der Waals surface area contributed by atoms with Gasteiger partial charge in [-0.2, -0.15) is 0 Å². The number of benzene rings is 14. The Morgan fingerprint density at radius 3 is 0.876 bits per heavy atom. The molecule has 0 amide bonds. The van der Waals surface area contributed by atoms with Gasteiger partial charge in [0.05, 0.1) is 77.1 Å². The minimum atomic E-state index is 0.887. The van der Waals surface area contributed by atoms with Crippen molar-refractivity contribution in [3.05, 3.63) is 340 Å². The van der Waals surface area contributed by atoms with Gasteiger partial charge in [0, 0.05) is 66.6 Å². The number of fused-ring (bicyclic) bond motifs is 13. The quantitative estimate of drug-likeness (QED) is 0.137. The van der Waals surface area contributed by atoms with E-state index < -0.39 is 0 Å². The Hall–Kier alpha value is -12.7. The van der Waals surface area contributed by atoms with Crippen molar-refractivity contribution in [1.82, 2.24) is 28.2 Å². The lowest BCUT2D eigenvalue weighted by atomic mass is 9.92. The normalized spacial score (nSPS) is 11.9. The standard InChI is InChI=1S/C90H56N6S/c1-5-23-57(24-6-1)62-41-45-79-70(53-62)66-31-13-18-36-75(66)93(79)86-84(61-49-51-91-52-50-61)85(90-92-74-35-17-22-40-83(74)97-90)87(94-76-37-19-14-32-67(76)71-54-63(42-46-80(71)94)58-25-7-2-8-26-58)89(96-78-39-21-16-34-69(78)73-56-65(44-48-82(73)96)60-29-11-4-12-30-60)88(86)95-77-38-20-15-33-68(77)72-55-64(43-47-81(72)95)59-27-9-3-10-28-59/h1-56H. The molecule has 452 valence electrons. The highest BCUT2D eigenvalue weighted by Crippen LogP contribution is 2.56. The Balaban J connectivity index is 1.09. The summed E-state index contributed by atoms with van der Waals surface area (Å²) in [4.78, 5) is 10.8. The monoisotopic (exact) mass is 1250 g/mol. The number of para-hydroxylation sites is 5. The average molecular weight is 1250 g/mol. The van der Waals surface area contributed by atoms with Gasteiger partial charge in [-0.25, -0.2) is 4.98 Å². The van der Waals surface area contributed by atoms with Crippen LogP contribution in [0.2, 0.25) is 0 Å². The molecule has 0 unspecified atom stereocenters. The second-order valence-electron chi connectivity index (χ2n) is 25.2. The maximum Gasteiger partial charge on any atom is 0.127 e. The molecular weight excluding hydrogens is 1200 g/mol. The van der Waals surface area contributed by atoms with E-state index in [9.17, 15) is 0 Å². The van der Waals surface area contributed by atoms with Gasteiger partial charge >= 0.3 is 0 Å². The van der Waals surface area contributed by atoms with Crippen molar-refractivity contribution < 1.29 is 0 Å². The molecule has 0 bridgehead atoms. The van der Waals surface area contributed by atoms with Crippen LogP contribution in [0.4, 0.5) is 0 Å². The van der Waals surface area contributed by atoms with Crippen molar-refractivity contribution in [1.29, 1.82) is 0 Å². The van der Waals surface area contributed by atoms with Crippen LogP contribution in [-0.4, -0.2) is 28.2 Å². The zero-order valence-electron chi connectivity index (χ0n) is 52.4. The van der Waals surface area contributed by atoms with Crippen LogP contribution in [0, 0.1) is 0 Å². The molecule has 0 aliphatic heterocycles. The summed E-state index contributed by atoms with van der Waals surface area (Å²) in [7, 11) is 0. The van der Waals surface area contributed by atoms with Gasteiger partial charge < -0.3 is 18.3 Å². The summed E-state index contributed by atoms with van der Waals surface area (Å²) in [6, 6.07) is 121. The number of hydrogen-bond donors (Lipinski definition) is 0. The molecule has 0 saturated heterocycles. The summed E-state index contributed by atoms with van der Waals surface area (Å²) < 4.78 is 11.6. The molecule has 20 aromatic rings. The van der Waals surface area contributed by atoms with Crippen LogP contribution in [0.5, 0.6) is 0 Å². The molecule has 0 fully saturated rings. The van der Waals surface area contributed by atoms with Crippen molar-refractivity contribution in [2.75, 3.05) is 0 Å². The van der Waals surface area contributed by atoms with Gasteiger partial charge in [-0.05, 0) is 147 Å². The first-order valence-electron chi connectivity index (χ1n) is 33.0. The Morgan fingerprint density at radius 1 is 0.216 bits per heavy atom. The van der Waals surface area contributed by atoms with Gasteiger partial charge in [-0.3, -0.25) is 4.98 Å². The van der Waals surface area contributed by atoms with Gasteiger partial charge in [0.2, 0.25) is 0 Å². The number of pyridine rings is 1. The smallest absolute Gasteiger partial charge is 0.127 e. The average Bonchev–Trinajstić information content (AvgIpc) is 1.59. The highest BCUT2D eigenvalue weighted by atomic mass is 32.1. The van der Waals surface area contributed by atoms with Gasteiger partial charge in [0.15, 0.2) is 0 Å². The maximum absolute atomic E-state index is 5.93. The fourth-order valence-corrected chi connectivity index (χ4v) is 16.7. The first-order chi connectivity index (χ1) is 48.2. The summed E-state index contributed by atoms with van der Waals surface area (Å²) in [6.07, 6.45) is 3.92. The van der Waals surface area contributed by atoms with E-state index in [0.717, 1.165) is 186 Å². The zero-order valence-corrected chi connectivity index (χ0v) is 53.2. The third kappa shape index (κ3) is 8.52. The lowest BCUT2D eigenvalue weighted by molar-refractivity contribution is 1.02. The molecule has 20 rings (SSSR count). The van der Waals surface area contributed by atoms with Crippen LogP contribution in [0.3, 0.4) is 0 Å². The number of hydrogen-bond acceptors (Lipinski definition) is 3. The fourth-order valence-electron chi connectivity index (χ4n) is 15.6. The van der Waals surface area contributed by atoms with Crippen molar-refractivity contribution in [3.8, 4) is 89.0 Å². The molecule has 0 saturated carbocycles. The lowest BCUT2D eigenvalue weighted by Gasteiger charge is -2.30. The van der Waals surface area contributed by atoms with Crippen molar-refractivity contribution in [2.24, 2.45) is 0 Å². The van der Waals surface area contributed by atoms with E-state index in [4.69, 9.17) is 9.97 Å². The Morgan fingerprint density at radius 2 is 0.515 bits per heavy atom. The van der Waals surface area contributed by atoms with Gasteiger partial charge in [0.1, 0.15) is 5.01 Å². The van der Waals surface area contributed by atoms with Crippen LogP contribution in [0.15, 0.2) is 340 Å². The molecule has 0 spiro atoms. The Labute approximate surface area is 562 Å². The Bertz CT molecular complexity index is 6500. The summed E-state index contributed by atoms with van der Waals surface area (Å²) >= 11 is 1.75. The highest BCUT2D eigenvalue weighted by Gasteiger charge is 2.37. The maximum atomic E-state index is 5.93. The molecule has 0 N–H and O–H groups in total. The van der Waals surface area contributed by atoms with E-state index in [1.165, 1.54) is 0 Å². The third-order valence-electron chi connectivity index (χ3n) is 19.9. The molecule has 0 radical (unpaired) electrons. The molecule has 6 nitrogen and oxygen atoms in total. The fraction of sp³-hybridized carbons (Fsp3) is 0. The topological polar surface area (TPSA) is 45.5 Å². The molecule has 0 aliphatic rings. The van der Waals surface area contributed by atoms with Crippen LogP contribution in [0.25, 0.3) is 186 Å². The first-order valence-corrected chi connectivity index (χ1v) is 33.8. The first kappa shape index (κ1) is 54.8. The summed E-state index contributed by atoms with van der Waals surface area (Å²) in [6.45, 7) is 0. The number of nitrogens with zero attached hydrogens (tertiary/aromatic N) is 6. The summed E-state index contributed by atoms with van der Waals surface area (Å²) in [5.41, 5.74) is 25.6. The van der Waals surface area contributed by atoms with Crippen molar-refractivity contribution >= 4 is 109 Å². The molecule has 7 heteroatoms. The largest absolute Gasteiger partial charge is 0.306 e. The van der Waals surface area contributed by atoms with E-state index in [1.807, 2.05) is 12.4 Å². The zero-order chi connectivity index (χ0) is 63.7. The van der Waals surface area contributed by atoms with Gasteiger partial charge in [-0.15, -0.1) is 11.3 Å².